The molecule has 0 aromatic heterocycles. The molecule has 0 aliphatic carbocycles. The fourth-order valence-electron chi connectivity index (χ4n) is 2.77. The Labute approximate surface area is 194 Å². The first kappa shape index (κ1) is 23.1. The van der Waals surface area contributed by atoms with Crippen molar-refractivity contribution < 1.29 is 24.1 Å². The molecular weight excluding hydrogens is 476 g/mol. The lowest BCUT2D eigenvalue weighted by atomic mass is 10.1. The highest BCUT2D eigenvalue weighted by Crippen LogP contribution is 2.34. The number of nitrogens with one attached hydrogen (secondary N) is 1. The first-order chi connectivity index (χ1) is 15.5. The number of rotatable bonds is 9. The van der Waals surface area contributed by atoms with Crippen molar-refractivity contribution in [2.75, 3.05) is 13.7 Å². The number of ether oxygens (including phenoxy) is 3. The molecule has 7 nitrogen and oxygen atoms in total. The van der Waals surface area contributed by atoms with Crippen LogP contribution >= 0.6 is 15.9 Å². The molecular formula is C24H23BrN2O5. The van der Waals surface area contributed by atoms with E-state index in [1.165, 1.54) is 13.3 Å². The third-order valence-corrected chi connectivity index (χ3v) is 5.01. The van der Waals surface area contributed by atoms with Gasteiger partial charge in [-0.05, 0) is 82.5 Å². The Kier molecular flexibility index (Phi) is 8.10. The quantitative estimate of drug-likeness (QED) is 0.323. The standard InChI is InChI=1S/C24H23BrN2O5/c1-3-31-19-8-10-20(11-9-19)32-15-16-4-6-18(7-5-16)24(29)27-26-14-17-12-21(25)23(28)22(13-17)30-2/h4-14,28H,3,15H2,1-2H3,(H,27,29)/b26-14+. The van der Waals surface area contributed by atoms with Gasteiger partial charge in [-0.2, -0.15) is 5.10 Å². The Morgan fingerprint density at radius 2 is 1.72 bits per heavy atom. The van der Waals surface area contributed by atoms with E-state index in [-0.39, 0.29) is 11.7 Å². The van der Waals surface area contributed by atoms with E-state index in [1.54, 1.807) is 24.3 Å². The van der Waals surface area contributed by atoms with Crippen molar-refractivity contribution >= 4 is 28.1 Å². The number of hydrazone groups is 1. The summed E-state index contributed by atoms with van der Waals surface area (Å²) in [7, 11) is 1.46. The predicted molar refractivity (Wildman–Crippen MR) is 126 cm³/mol. The van der Waals surface area contributed by atoms with E-state index in [1.807, 2.05) is 43.3 Å². The van der Waals surface area contributed by atoms with Gasteiger partial charge in [-0.15, -0.1) is 0 Å². The zero-order chi connectivity index (χ0) is 22.9. The number of carbonyl (C=O) groups is 1. The molecule has 3 rings (SSSR count). The average molecular weight is 499 g/mol. The van der Waals surface area contributed by atoms with Crippen LogP contribution in [0.25, 0.3) is 0 Å². The molecule has 3 aromatic carbocycles. The Morgan fingerprint density at radius 3 is 2.34 bits per heavy atom. The number of methoxy groups -OCH3 is 1. The molecule has 0 aliphatic rings. The summed E-state index contributed by atoms with van der Waals surface area (Å²) in [5.74, 6) is 1.50. The third-order valence-electron chi connectivity index (χ3n) is 4.41. The second-order valence-electron chi connectivity index (χ2n) is 6.64. The van der Waals surface area contributed by atoms with Gasteiger partial charge in [0.25, 0.3) is 5.91 Å². The maximum atomic E-state index is 12.3. The van der Waals surface area contributed by atoms with Crippen LogP contribution in [0, 0.1) is 0 Å². The summed E-state index contributed by atoms with van der Waals surface area (Å²) in [5.41, 5.74) is 4.53. The number of hydrogen-bond acceptors (Lipinski definition) is 6. The third kappa shape index (κ3) is 6.24. The van der Waals surface area contributed by atoms with Crippen LogP contribution in [0.3, 0.4) is 0 Å². The molecule has 0 atom stereocenters. The van der Waals surface area contributed by atoms with E-state index in [2.05, 4.69) is 26.5 Å². The number of halogens is 1. The highest BCUT2D eigenvalue weighted by atomic mass is 79.9. The Balaban J connectivity index is 1.53. The Morgan fingerprint density at radius 1 is 1.06 bits per heavy atom. The minimum Gasteiger partial charge on any atom is -0.503 e. The highest BCUT2D eigenvalue weighted by Gasteiger charge is 2.08. The molecule has 166 valence electrons. The van der Waals surface area contributed by atoms with Crippen LogP contribution in [0.2, 0.25) is 0 Å². The normalized spacial score (nSPS) is 10.7. The minimum atomic E-state index is -0.343. The van der Waals surface area contributed by atoms with E-state index >= 15 is 0 Å². The van der Waals surface area contributed by atoms with Gasteiger partial charge in [0, 0.05) is 5.56 Å². The van der Waals surface area contributed by atoms with Crippen LogP contribution in [-0.2, 0) is 6.61 Å². The Hall–Kier alpha value is -3.52. The molecule has 0 aliphatic heterocycles. The maximum Gasteiger partial charge on any atom is 0.271 e. The summed E-state index contributed by atoms with van der Waals surface area (Å²) in [6.07, 6.45) is 1.46. The zero-order valence-corrected chi connectivity index (χ0v) is 19.3. The molecule has 1 amide bonds. The van der Waals surface area contributed by atoms with Gasteiger partial charge in [0.1, 0.15) is 18.1 Å². The molecule has 3 aromatic rings. The van der Waals surface area contributed by atoms with E-state index in [0.717, 1.165) is 17.1 Å². The zero-order valence-electron chi connectivity index (χ0n) is 17.7. The van der Waals surface area contributed by atoms with Gasteiger partial charge in [0.2, 0.25) is 0 Å². The van der Waals surface area contributed by atoms with Crippen molar-refractivity contribution in [3.63, 3.8) is 0 Å². The SMILES string of the molecule is CCOc1ccc(OCc2ccc(C(=O)N/N=C/c3cc(Br)c(O)c(OC)c3)cc2)cc1. The van der Waals surface area contributed by atoms with E-state index in [0.29, 0.717) is 34.6 Å². The predicted octanol–water partition coefficient (Wildman–Crippen LogP) is 4.90. The first-order valence-corrected chi connectivity index (χ1v) is 10.6. The van der Waals surface area contributed by atoms with Crippen molar-refractivity contribution in [1.82, 2.24) is 5.43 Å². The topological polar surface area (TPSA) is 89.4 Å². The van der Waals surface area contributed by atoms with Crippen LogP contribution in [0.15, 0.2) is 70.2 Å². The average Bonchev–Trinajstić information content (AvgIpc) is 2.81. The summed E-state index contributed by atoms with van der Waals surface area (Å²) in [5, 5.41) is 13.8. The molecule has 0 spiro atoms. The second kappa shape index (κ2) is 11.2. The smallest absolute Gasteiger partial charge is 0.271 e. The summed E-state index contributed by atoms with van der Waals surface area (Å²) in [4.78, 5) is 12.3. The molecule has 0 radical (unpaired) electrons. The van der Waals surface area contributed by atoms with Gasteiger partial charge < -0.3 is 19.3 Å². The summed E-state index contributed by atoms with van der Waals surface area (Å²) in [6.45, 7) is 2.94. The van der Waals surface area contributed by atoms with Crippen molar-refractivity contribution in [1.29, 1.82) is 0 Å². The molecule has 0 saturated carbocycles. The largest absolute Gasteiger partial charge is 0.503 e. The molecule has 0 unspecified atom stereocenters. The number of carbonyl (C=O) groups excluding carboxylic acids is 1. The van der Waals surface area contributed by atoms with Gasteiger partial charge in [-0.3, -0.25) is 4.79 Å². The van der Waals surface area contributed by atoms with Crippen LogP contribution < -0.4 is 19.6 Å². The lowest BCUT2D eigenvalue weighted by Crippen LogP contribution is -2.17. The van der Waals surface area contributed by atoms with Crippen LogP contribution in [0.1, 0.15) is 28.4 Å². The number of phenols is 1. The summed E-state index contributed by atoms with van der Waals surface area (Å²) < 4.78 is 16.7. The monoisotopic (exact) mass is 498 g/mol. The van der Waals surface area contributed by atoms with Crippen LogP contribution in [0.4, 0.5) is 0 Å². The van der Waals surface area contributed by atoms with E-state index in [4.69, 9.17) is 14.2 Å². The van der Waals surface area contributed by atoms with Crippen LogP contribution in [-0.4, -0.2) is 30.9 Å². The van der Waals surface area contributed by atoms with Crippen LogP contribution in [0.5, 0.6) is 23.0 Å². The van der Waals surface area contributed by atoms with Gasteiger partial charge >= 0.3 is 0 Å². The lowest BCUT2D eigenvalue weighted by Gasteiger charge is -2.08. The van der Waals surface area contributed by atoms with Crippen molar-refractivity contribution in [3.8, 4) is 23.0 Å². The fourth-order valence-corrected chi connectivity index (χ4v) is 3.23. The number of amides is 1. The van der Waals surface area contributed by atoms with Crippen molar-refractivity contribution in [2.24, 2.45) is 5.10 Å². The molecule has 8 heteroatoms. The first-order valence-electron chi connectivity index (χ1n) is 9.84. The maximum absolute atomic E-state index is 12.3. The highest BCUT2D eigenvalue weighted by molar-refractivity contribution is 9.10. The van der Waals surface area contributed by atoms with Gasteiger partial charge in [-0.25, -0.2) is 5.43 Å². The van der Waals surface area contributed by atoms with Crippen molar-refractivity contribution in [3.05, 3.63) is 81.8 Å². The summed E-state index contributed by atoms with van der Waals surface area (Å²) >= 11 is 3.24. The minimum absolute atomic E-state index is 0.000259. The molecule has 0 saturated heterocycles. The number of phenolic OH excluding ortho intramolecular Hbond substituents is 1. The lowest BCUT2D eigenvalue weighted by molar-refractivity contribution is 0.0955. The number of nitrogens with zero attached hydrogens (tertiary/aromatic N) is 1. The number of benzene rings is 3. The number of hydrogen-bond donors (Lipinski definition) is 2. The number of aromatic hydroxyl groups is 1. The van der Waals surface area contributed by atoms with Gasteiger partial charge in [-0.1, -0.05) is 12.1 Å². The summed E-state index contributed by atoms with van der Waals surface area (Å²) in [6, 6.07) is 17.8. The molecule has 32 heavy (non-hydrogen) atoms. The second-order valence-corrected chi connectivity index (χ2v) is 7.50. The van der Waals surface area contributed by atoms with Crippen molar-refractivity contribution in [2.45, 2.75) is 13.5 Å². The van der Waals surface area contributed by atoms with Gasteiger partial charge in [0.05, 0.1) is 24.4 Å². The Bertz CT molecular complexity index is 1080. The van der Waals surface area contributed by atoms with E-state index < -0.39 is 0 Å². The fraction of sp³-hybridized carbons (Fsp3) is 0.167. The molecule has 0 heterocycles. The molecule has 0 fully saturated rings. The molecule has 0 bridgehead atoms. The van der Waals surface area contributed by atoms with Gasteiger partial charge in [0.15, 0.2) is 11.5 Å². The molecule has 2 N–H and O–H groups in total. The van der Waals surface area contributed by atoms with E-state index in [9.17, 15) is 9.90 Å².